The summed E-state index contributed by atoms with van der Waals surface area (Å²) in [5.74, 6) is -0.994. The minimum Gasteiger partial charge on any atom is -0.365 e. The Morgan fingerprint density at radius 3 is 2.67 bits per heavy atom. The summed E-state index contributed by atoms with van der Waals surface area (Å²) in [5.41, 5.74) is 7.98. The Labute approximate surface area is 199 Å². The van der Waals surface area contributed by atoms with E-state index in [4.69, 9.17) is 35.5 Å². The first-order valence-corrected chi connectivity index (χ1v) is 10.7. The quantitative estimate of drug-likeness (QED) is 0.535. The number of nitrogens with two attached hydrogens (primary N) is 1. The van der Waals surface area contributed by atoms with Gasteiger partial charge < -0.3 is 10.6 Å². The number of rotatable bonds is 5. The molecule has 10 heteroatoms. The van der Waals surface area contributed by atoms with E-state index in [-0.39, 0.29) is 36.0 Å². The number of amides is 2. The molecular formula is C23H18Cl2FN5O2. The maximum absolute atomic E-state index is 14.0. The van der Waals surface area contributed by atoms with Gasteiger partial charge in [-0.05, 0) is 17.7 Å². The second-order valence-corrected chi connectivity index (χ2v) is 8.49. The molecular weight excluding hydrogens is 468 g/mol. The van der Waals surface area contributed by atoms with E-state index in [2.05, 4.69) is 9.94 Å². The number of benzene rings is 2. The van der Waals surface area contributed by atoms with Gasteiger partial charge in [-0.15, -0.1) is 0 Å². The summed E-state index contributed by atoms with van der Waals surface area (Å²) >= 11 is 12.2. The molecule has 7 nitrogen and oxygen atoms in total. The summed E-state index contributed by atoms with van der Waals surface area (Å²) in [7, 11) is 0. The van der Waals surface area contributed by atoms with E-state index >= 15 is 0 Å². The molecule has 0 radical (unpaired) electrons. The summed E-state index contributed by atoms with van der Waals surface area (Å²) in [5, 5.41) is 5.19. The molecule has 0 fully saturated rings. The number of carbonyl (C=O) groups is 2. The highest BCUT2D eigenvalue weighted by Crippen LogP contribution is 2.33. The maximum Gasteiger partial charge on any atom is 0.252 e. The number of alkyl halides is 1. The number of fused-ring (bicyclic) bond motifs is 1. The van der Waals surface area contributed by atoms with Crippen molar-refractivity contribution in [2.24, 2.45) is 5.73 Å². The van der Waals surface area contributed by atoms with Crippen LogP contribution in [-0.2, 0) is 17.8 Å². The minimum absolute atomic E-state index is 0.0121. The van der Waals surface area contributed by atoms with Crippen LogP contribution in [0.1, 0.15) is 27.7 Å². The van der Waals surface area contributed by atoms with E-state index in [0.29, 0.717) is 33.2 Å². The molecule has 4 rings (SSSR count). The first-order valence-electron chi connectivity index (χ1n) is 9.99. The molecule has 0 bridgehead atoms. The molecule has 2 aromatic carbocycles. The average molecular weight is 486 g/mol. The Balaban J connectivity index is 1.68. The van der Waals surface area contributed by atoms with Crippen molar-refractivity contribution in [1.82, 2.24) is 14.7 Å². The van der Waals surface area contributed by atoms with E-state index in [0.717, 1.165) is 0 Å². The number of carbonyl (C=O) groups excluding carboxylic acids is 2. The maximum atomic E-state index is 14.0. The molecule has 0 saturated heterocycles. The zero-order valence-corrected chi connectivity index (χ0v) is 18.8. The third-order valence-corrected chi connectivity index (χ3v) is 6.03. The van der Waals surface area contributed by atoms with Crippen LogP contribution in [0.5, 0.6) is 0 Å². The molecule has 1 aromatic heterocycles. The fourth-order valence-electron chi connectivity index (χ4n) is 3.94. The third kappa shape index (κ3) is 4.42. The number of aromatic nitrogens is 2. The fraction of sp³-hybridized carbons (Fsp3) is 0.217. The molecule has 0 saturated carbocycles. The van der Waals surface area contributed by atoms with E-state index in [1.54, 1.807) is 42.5 Å². The molecule has 3 aromatic rings. The molecule has 0 spiro atoms. The van der Waals surface area contributed by atoms with E-state index < -0.39 is 18.6 Å². The van der Waals surface area contributed by atoms with Crippen LogP contribution in [0.25, 0.3) is 16.1 Å². The van der Waals surface area contributed by atoms with Crippen LogP contribution in [-0.4, -0.2) is 39.7 Å². The van der Waals surface area contributed by atoms with E-state index in [1.807, 2.05) is 0 Å². The summed E-state index contributed by atoms with van der Waals surface area (Å²) in [6.07, 6.45) is 0.0121. The highest BCUT2D eigenvalue weighted by Gasteiger charge is 2.34. The largest absolute Gasteiger partial charge is 0.365 e. The summed E-state index contributed by atoms with van der Waals surface area (Å²) < 4.78 is 15.4. The first-order chi connectivity index (χ1) is 15.8. The molecule has 168 valence electrons. The third-order valence-electron chi connectivity index (χ3n) is 5.49. The molecule has 2 amide bonds. The van der Waals surface area contributed by atoms with Crippen molar-refractivity contribution in [1.29, 1.82) is 0 Å². The lowest BCUT2D eigenvalue weighted by Gasteiger charge is -2.33. The molecule has 2 N–H and O–H groups in total. The Bertz CT molecular complexity index is 1300. The van der Waals surface area contributed by atoms with Crippen molar-refractivity contribution in [2.75, 3.05) is 13.2 Å². The fourth-order valence-corrected chi connectivity index (χ4v) is 4.37. The minimum atomic E-state index is -0.781. The van der Waals surface area contributed by atoms with Crippen molar-refractivity contribution in [2.45, 2.75) is 19.0 Å². The topological polar surface area (TPSA) is 85.6 Å². The summed E-state index contributed by atoms with van der Waals surface area (Å²) in [4.78, 5) is 30.2. The Hall–Kier alpha value is -3.41. The van der Waals surface area contributed by atoms with Crippen molar-refractivity contribution < 1.29 is 14.0 Å². The Morgan fingerprint density at radius 1 is 1.24 bits per heavy atom. The van der Waals surface area contributed by atoms with Crippen LogP contribution in [0.4, 0.5) is 10.1 Å². The monoisotopic (exact) mass is 485 g/mol. The van der Waals surface area contributed by atoms with Gasteiger partial charge in [-0.25, -0.2) is 9.24 Å². The smallest absolute Gasteiger partial charge is 0.252 e. The van der Waals surface area contributed by atoms with E-state index in [1.165, 1.54) is 9.58 Å². The van der Waals surface area contributed by atoms with Gasteiger partial charge in [0, 0.05) is 22.2 Å². The predicted molar refractivity (Wildman–Crippen MR) is 123 cm³/mol. The van der Waals surface area contributed by atoms with Crippen LogP contribution in [0.2, 0.25) is 10.0 Å². The van der Waals surface area contributed by atoms with Gasteiger partial charge in [0.05, 0.1) is 36.8 Å². The lowest BCUT2D eigenvalue weighted by Crippen LogP contribution is -2.43. The second-order valence-electron chi connectivity index (χ2n) is 7.65. The summed E-state index contributed by atoms with van der Waals surface area (Å²) in [6.45, 7) is 6.44. The molecule has 1 aliphatic heterocycles. The zero-order valence-electron chi connectivity index (χ0n) is 17.3. The van der Waals surface area contributed by atoms with Crippen LogP contribution >= 0.6 is 23.2 Å². The van der Waals surface area contributed by atoms with Gasteiger partial charge in [0.25, 0.3) is 5.91 Å². The van der Waals surface area contributed by atoms with Crippen LogP contribution in [0.15, 0.2) is 42.5 Å². The number of hydrogen-bond acceptors (Lipinski definition) is 3. The predicted octanol–water partition coefficient (Wildman–Crippen LogP) is 4.60. The molecule has 1 aliphatic rings. The Morgan fingerprint density at radius 2 is 2.03 bits per heavy atom. The van der Waals surface area contributed by atoms with Gasteiger partial charge in [0.15, 0.2) is 0 Å². The van der Waals surface area contributed by atoms with Gasteiger partial charge in [-0.2, -0.15) is 5.10 Å². The Kier molecular flexibility index (Phi) is 6.36. The van der Waals surface area contributed by atoms with Crippen LogP contribution < -0.4 is 5.73 Å². The van der Waals surface area contributed by atoms with E-state index in [9.17, 15) is 14.0 Å². The van der Waals surface area contributed by atoms with Crippen molar-refractivity contribution in [3.8, 4) is 11.3 Å². The SMILES string of the molecule is [C-]#[N+]c1ccc(CC(=O)N2Cc3c(C(N)=O)c(-c4cccc(Cl)c4)nn3[C@@H](CF)C2)cc1Cl. The number of nitrogens with zero attached hydrogens (tertiary/aromatic N) is 4. The lowest BCUT2D eigenvalue weighted by molar-refractivity contribution is -0.132. The summed E-state index contributed by atoms with van der Waals surface area (Å²) in [6, 6.07) is 10.8. The highest BCUT2D eigenvalue weighted by atomic mass is 35.5. The number of primary amides is 1. The molecule has 1 atom stereocenters. The van der Waals surface area contributed by atoms with Crippen molar-refractivity contribution in [3.05, 3.63) is 80.7 Å². The number of halogens is 3. The second kappa shape index (κ2) is 9.22. The average Bonchev–Trinajstić information content (AvgIpc) is 3.18. The van der Waals surface area contributed by atoms with Gasteiger partial charge in [0.1, 0.15) is 12.4 Å². The lowest BCUT2D eigenvalue weighted by atomic mass is 10.0. The van der Waals surface area contributed by atoms with Crippen molar-refractivity contribution >= 4 is 40.7 Å². The van der Waals surface area contributed by atoms with Gasteiger partial charge in [-0.1, -0.05) is 53.5 Å². The standard InChI is InChI=1S/C23H18Cl2FN5O2/c1-28-18-6-5-13(7-17(18)25)8-20(32)30-11-16(10-26)31-19(12-30)21(23(27)33)22(29-31)14-3-2-4-15(24)9-14/h2-7,9,16H,8,10-12H2,(H2,27,33)/t16-/m0/s1. The molecule has 33 heavy (non-hydrogen) atoms. The normalized spacial score (nSPS) is 15.1. The molecule has 0 unspecified atom stereocenters. The number of hydrogen-bond donors (Lipinski definition) is 1. The van der Waals surface area contributed by atoms with Gasteiger partial charge in [-0.3, -0.25) is 14.3 Å². The van der Waals surface area contributed by atoms with Crippen molar-refractivity contribution in [3.63, 3.8) is 0 Å². The van der Waals surface area contributed by atoms with Gasteiger partial charge in [0.2, 0.25) is 11.6 Å². The van der Waals surface area contributed by atoms with Gasteiger partial charge >= 0.3 is 0 Å². The van der Waals surface area contributed by atoms with Crippen LogP contribution in [0, 0.1) is 6.57 Å². The van der Waals surface area contributed by atoms with Crippen LogP contribution in [0.3, 0.4) is 0 Å². The highest BCUT2D eigenvalue weighted by molar-refractivity contribution is 6.33. The first kappa shape index (κ1) is 22.8. The molecule has 2 heterocycles. The molecule has 0 aliphatic carbocycles. The zero-order chi connectivity index (χ0) is 23.7.